The number of aromatic amines is 2. The summed E-state index contributed by atoms with van der Waals surface area (Å²) in [6, 6.07) is 31.2. The molecule has 0 bridgehead atoms. The Morgan fingerprint density at radius 2 is 0.905 bits per heavy atom. The number of nitrogens with zero attached hydrogens (tertiary/aromatic N) is 12. The van der Waals surface area contributed by atoms with Crippen LogP contribution in [0.15, 0.2) is 97.1 Å². The van der Waals surface area contributed by atoms with Gasteiger partial charge in [-0.15, -0.1) is 20.4 Å². The number of carbonyl (C=O) groups is 4. The van der Waals surface area contributed by atoms with E-state index in [0.29, 0.717) is 60.1 Å². The van der Waals surface area contributed by atoms with Gasteiger partial charge >= 0.3 is 59.1 Å². The fourth-order valence-corrected chi connectivity index (χ4v) is 10.2. The number of amides is 2. The third kappa shape index (κ3) is 9.89. The van der Waals surface area contributed by atoms with Gasteiger partial charge in [-0.25, -0.2) is 9.97 Å². The van der Waals surface area contributed by atoms with Crippen molar-refractivity contribution >= 4 is 23.8 Å². The Bertz CT molecular complexity index is 3090. The molecule has 2 atom stereocenters. The van der Waals surface area contributed by atoms with E-state index in [1.165, 1.54) is 37.5 Å². The molecule has 20 nitrogen and oxygen atoms in total. The summed E-state index contributed by atoms with van der Waals surface area (Å²) in [6.07, 6.45) is 3.97. The zero-order chi connectivity index (χ0) is 50.9. The second-order valence-corrected chi connectivity index (χ2v) is 18.0. The number of carboxylic acids is 2. The molecule has 2 aliphatic heterocycles. The normalized spacial score (nSPS) is 16.7. The number of carboxylic acid groups (broad SMARTS) is 2. The van der Waals surface area contributed by atoms with E-state index in [-0.39, 0.29) is 84.0 Å². The number of H-pyrrole nitrogens is 2. The molecule has 0 radical (unpaired) electrons. The molecular formula is C52H52N14Na2O6. The van der Waals surface area contributed by atoms with Crippen molar-refractivity contribution in [1.29, 1.82) is 0 Å². The van der Waals surface area contributed by atoms with E-state index in [1.807, 2.05) is 106 Å². The van der Waals surface area contributed by atoms with Crippen molar-refractivity contribution in [1.82, 2.24) is 70.2 Å². The van der Waals surface area contributed by atoms with Gasteiger partial charge in [-0.1, -0.05) is 86.6 Å². The van der Waals surface area contributed by atoms with Crippen LogP contribution < -0.4 is 69.3 Å². The van der Waals surface area contributed by atoms with E-state index in [1.54, 1.807) is 0 Å². The Kier molecular flexibility index (Phi) is 17.0. The molecule has 2 aliphatic rings. The molecule has 2 N–H and O–H groups in total. The first-order valence-corrected chi connectivity index (χ1v) is 23.8. The van der Waals surface area contributed by atoms with Crippen LogP contribution >= 0.6 is 0 Å². The van der Waals surface area contributed by atoms with Crippen LogP contribution in [0.3, 0.4) is 0 Å². The predicted molar refractivity (Wildman–Crippen MR) is 259 cm³/mol. The number of carbonyl (C=O) groups excluding carboxylic acids is 4. The number of hydrogen-bond acceptors (Lipinski definition) is 14. The number of benzene rings is 4. The Morgan fingerprint density at radius 3 is 1.20 bits per heavy atom. The standard InChI is InChI=1S/2C26H27N7O3.2Na/c2*1-4-7-22-27-21-14-15-32(16(2)34)26(3,25(35)36)23(21)33(22)18-12-10-17(11-13-18)19-8-5-6-9-20(19)24-28-30-31-29-24;;/h2*5-6,8-13H,4,7,14-15H2,1-3H3,(H,35,36)(H,28,29,30,31);;/q;;2*+1/p-2. The first-order chi connectivity index (χ1) is 34.7. The van der Waals surface area contributed by atoms with Crippen LogP contribution in [0.5, 0.6) is 0 Å². The smallest absolute Gasteiger partial charge is 0.547 e. The quantitative estimate of drug-likeness (QED) is 0.127. The molecule has 22 heteroatoms. The van der Waals surface area contributed by atoms with Gasteiger partial charge < -0.3 is 29.6 Å². The predicted octanol–water partition coefficient (Wildman–Crippen LogP) is -1.91. The largest absolute Gasteiger partial charge is 1.00 e. The van der Waals surface area contributed by atoms with Crippen molar-refractivity contribution in [2.24, 2.45) is 0 Å². The molecule has 4 aromatic heterocycles. The average Bonchev–Trinajstić information content (AvgIpc) is 4.23. The van der Waals surface area contributed by atoms with Gasteiger partial charge in [0.1, 0.15) is 22.7 Å². The Labute approximate surface area is 471 Å². The van der Waals surface area contributed by atoms with Crippen molar-refractivity contribution in [2.45, 2.75) is 91.1 Å². The van der Waals surface area contributed by atoms with Crippen molar-refractivity contribution in [2.75, 3.05) is 13.1 Å². The molecule has 0 aliphatic carbocycles. The molecule has 10 rings (SSSR count). The molecule has 6 heterocycles. The minimum Gasteiger partial charge on any atom is -0.547 e. The molecule has 368 valence electrons. The van der Waals surface area contributed by atoms with E-state index in [2.05, 4.69) is 55.1 Å². The number of aromatic nitrogens is 12. The maximum Gasteiger partial charge on any atom is 1.00 e. The van der Waals surface area contributed by atoms with Crippen LogP contribution in [0.25, 0.3) is 56.4 Å². The minimum absolute atomic E-state index is 0. The summed E-state index contributed by atoms with van der Waals surface area (Å²) in [6.45, 7) is 10.5. The molecule has 2 amide bonds. The van der Waals surface area contributed by atoms with Crippen LogP contribution in [0.2, 0.25) is 0 Å². The van der Waals surface area contributed by atoms with Gasteiger partial charge in [0, 0.05) is 75.1 Å². The van der Waals surface area contributed by atoms with Crippen molar-refractivity contribution < 1.29 is 88.5 Å². The molecular weight excluding hydrogens is 963 g/mol. The first-order valence-electron chi connectivity index (χ1n) is 23.8. The van der Waals surface area contributed by atoms with E-state index in [4.69, 9.17) is 9.97 Å². The van der Waals surface area contributed by atoms with Crippen LogP contribution in [0.4, 0.5) is 0 Å². The van der Waals surface area contributed by atoms with Crippen LogP contribution in [0.1, 0.15) is 88.8 Å². The zero-order valence-electron chi connectivity index (χ0n) is 42.7. The summed E-state index contributed by atoms with van der Waals surface area (Å²) in [5.74, 6) is -0.755. The molecule has 0 saturated heterocycles. The Morgan fingerprint density at radius 1 is 0.554 bits per heavy atom. The molecule has 0 spiro atoms. The fourth-order valence-electron chi connectivity index (χ4n) is 10.2. The monoisotopic (exact) mass is 1010 g/mol. The van der Waals surface area contributed by atoms with Crippen LogP contribution in [-0.2, 0) is 55.9 Å². The average molecular weight is 1020 g/mol. The van der Waals surface area contributed by atoms with E-state index in [9.17, 15) is 29.4 Å². The van der Waals surface area contributed by atoms with Gasteiger partial charge in [0.15, 0.2) is 0 Å². The number of rotatable bonds is 12. The van der Waals surface area contributed by atoms with Gasteiger partial charge in [0.2, 0.25) is 23.5 Å². The number of tetrazole rings is 2. The summed E-state index contributed by atoms with van der Waals surface area (Å²) in [5, 5.41) is 53.8. The molecule has 0 fully saturated rings. The summed E-state index contributed by atoms with van der Waals surface area (Å²) in [7, 11) is 0. The minimum atomic E-state index is -1.64. The van der Waals surface area contributed by atoms with Gasteiger partial charge in [0.25, 0.3) is 0 Å². The van der Waals surface area contributed by atoms with Gasteiger partial charge in [0.05, 0.1) is 34.7 Å². The van der Waals surface area contributed by atoms with Crippen molar-refractivity contribution in [3.63, 3.8) is 0 Å². The van der Waals surface area contributed by atoms with Crippen molar-refractivity contribution in [3.8, 4) is 56.4 Å². The third-order valence-corrected chi connectivity index (χ3v) is 13.6. The van der Waals surface area contributed by atoms with E-state index in [0.717, 1.165) is 69.2 Å². The molecule has 8 aromatic rings. The van der Waals surface area contributed by atoms with Gasteiger partial charge in [-0.05, 0) is 83.6 Å². The second kappa shape index (κ2) is 22.8. The topological polar surface area (TPSA) is 265 Å². The molecule has 2 unspecified atom stereocenters. The van der Waals surface area contributed by atoms with Gasteiger partial charge in [-0.3, -0.25) is 18.7 Å². The first kappa shape index (κ1) is 55.1. The zero-order valence-corrected chi connectivity index (χ0v) is 46.7. The third-order valence-electron chi connectivity index (χ3n) is 13.6. The van der Waals surface area contributed by atoms with E-state index >= 15 is 0 Å². The fraction of sp³-hybridized carbons (Fsp3) is 0.308. The second-order valence-electron chi connectivity index (χ2n) is 18.0. The molecule has 4 aromatic carbocycles. The summed E-state index contributed by atoms with van der Waals surface area (Å²) < 4.78 is 3.78. The van der Waals surface area contributed by atoms with Crippen LogP contribution in [0, 0.1) is 0 Å². The number of nitrogens with one attached hydrogen (secondary N) is 2. The van der Waals surface area contributed by atoms with Crippen LogP contribution in [-0.4, -0.2) is 107 Å². The maximum absolute atomic E-state index is 12.5. The number of hydrogen-bond donors (Lipinski definition) is 2. The molecule has 0 saturated carbocycles. The summed E-state index contributed by atoms with van der Waals surface area (Å²) in [5.41, 5.74) is 6.05. The summed E-state index contributed by atoms with van der Waals surface area (Å²) in [4.78, 5) is 62.3. The Hall–Kier alpha value is -6.68. The van der Waals surface area contributed by atoms with E-state index < -0.39 is 23.0 Å². The number of imidazole rings is 2. The SMILES string of the molecule is CCCc1nc2c(n1-c1ccc(-c3ccccc3-c3nn[nH]n3)cc1)C(C)(C(=O)[O-])N(C(C)=O)CC2.CCCc1nc2c(n1-c1ccc(-c3ccccc3-c3nn[nH]n3)cc1)C(C)(C(=O)[O-])N(C(C)=O)CC2.[Na+].[Na+]. The van der Waals surface area contributed by atoms with Gasteiger partial charge in [-0.2, -0.15) is 10.4 Å². The number of aryl methyl sites for hydroxylation is 2. The maximum atomic E-state index is 12.5. The van der Waals surface area contributed by atoms with Crippen molar-refractivity contribution in [3.05, 3.63) is 131 Å². The Balaban J connectivity index is 0.000000211. The number of fused-ring (bicyclic) bond motifs is 2. The molecule has 74 heavy (non-hydrogen) atoms. The summed E-state index contributed by atoms with van der Waals surface area (Å²) >= 11 is 0. The number of aliphatic carboxylic acids is 2.